The van der Waals surface area contributed by atoms with Gasteiger partial charge in [-0.2, -0.15) is 16.7 Å². The van der Waals surface area contributed by atoms with Gasteiger partial charge in [-0.05, 0) is 25.7 Å². The maximum Gasteiger partial charge on any atom is 0.351 e. The van der Waals surface area contributed by atoms with E-state index < -0.39 is 24.1 Å². The molecule has 18 nitrogen and oxygen atoms in total. The van der Waals surface area contributed by atoms with Crippen molar-refractivity contribution in [1.82, 2.24) is 30.8 Å². The maximum absolute atomic E-state index is 12.3. The smallest absolute Gasteiger partial charge is 0.351 e. The number of amides is 4. The number of unbranched alkanes of at least 4 members (excludes halogenated alkanes) is 1. The van der Waals surface area contributed by atoms with Crippen LogP contribution in [0.5, 0.6) is 0 Å². The first-order valence-electron chi connectivity index (χ1n) is 18.1. The van der Waals surface area contributed by atoms with Crippen molar-refractivity contribution < 1.29 is 48.3 Å². The van der Waals surface area contributed by atoms with E-state index in [0.717, 1.165) is 25.0 Å². The minimum absolute atomic E-state index is 0.0187. The highest BCUT2D eigenvalue weighted by Crippen LogP contribution is 2.33. The van der Waals surface area contributed by atoms with E-state index in [2.05, 4.69) is 26.3 Å². The fraction of sp³-hybridized carbons (Fsp3) is 0.788. The fourth-order valence-electron chi connectivity index (χ4n) is 6.14. The number of urea groups is 1. The first kappa shape index (κ1) is 41.7. The Balaban J connectivity index is 0.880. The molecule has 8 N–H and O–H groups in total. The number of aliphatic hydroxyl groups is 2. The van der Waals surface area contributed by atoms with Crippen molar-refractivity contribution in [2.24, 2.45) is 0 Å². The monoisotopic (exact) mass is 757 g/mol. The number of nitrogens with one attached hydrogen (secondary N) is 4. The van der Waals surface area contributed by atoms with Crippen LogP contribution in [0.25, 0.3) is 0 Å². The number of anilines is 1. The van der Waals surface area contributed by atoms with Gasteiger partial charge in [0, 0.05) is 55.1 Å². The molecule has 0 aliphatic carbocycles. The van der Waals surface area contributed by atoms with Crippen LogP contribution in [-0.2, 0) is 39.7 Å². The highest BCUT2D eigenvalue weighted by molar-refractivity contribution is 8.00. The predicted octanol–water partition coefficient (Wildman–Crippen LogP) is -1.19. The molecule has 4 rings (SSSR count). The second-order valence-electron chi connectivity index (χ2n) is 12.8. The third-order valence-corrected chi connectivity index (χ3v) is 10.4. The topological polar surface area (TPSA) is 247 Å². The molecule has 3 aliphatic rings. The number of nitrogen functional groups attached to an aromatic ring is 1. The second-order valence-corrected chi connectivity index (χ2v) is 14.1. The molecule has 0 bridgehead atoms. The molecule has 3 saturated heterocycles. The summed E-state index contributed by atoms with van der Waals surface area (Å²) in [5.41, 5.74) is 5.86. The van der Waals surface area contributed by atoms with Crippen molar-refractivity contribution in [1.29, 1.82) is 0 Å². The number of hydrogen-bond acceptors (Lipinski definition) is 14. The van der Waals surface area contributed by atoms with Gasteiger partial charge in [0.05, 0.1) is 77.6 Å². The molecule has 1 aromatic heterocycles. The van der Waals surface area contributed by atoms with Crippen LogP contribution in [0.1, 0.15) is 56.7 Å². The Labute approximate surface area is 307 Å². The van der Waals surface area contributed by atoms with Crippen molar-refractivity contribution in [3.63, 3.8) is 0 Å². The van der Waals surface area contributed by atoms with Crippen LogP contribution in [0.3, 0.4) is 0 Å². The number of nitrogens with zero attached hydrogens (tertiary/aromatic N) is 2. The molecule has 0 saturated carbocycles. The standard InChI is InChI=1S/C33H55N7O11S/c34-30-22(19-40(33(46)39-30)31-25(42)18-23(20-41)51-31)4-3-8-35-28(44)7-10-47-12-14-49-16-17-50-15-13-48-11-9-36-27(43)6-2-1-5-26-29-24(21-52-26)37-32(45)38-29/h19,23-26,29,31,41-42H,1-18,20-21H2,(H,35,44)(H,36,43)(H2,34,39,46)(H2,37,38,45)/t23-,24-,25?,26-,29-,31+/m0/s1. The number of carbonyl (C=O) groups excluding carboxylic acids is 3. The maximum atomic E-state index is 12.3. The molecule has 0 aromatic carbocycles. The summed E-state index contributed by atoms with van der Waals surface area (Å²) in [5, 5.41) is 31.6. The van der Waals surface area contributed by atoms with Crippen molar-refractivity contribution in [2.75, 3.05) is 84.0 Å². The lowest BCUT2D eigenvalue weighted by Gasteiger charge is -2.18. The minimum Gasteiger partial charge on any atom is -0.394 e. The largest absolute Gasteiger partial charge is 0.394 e. The van der Waals surface area contributed by atoms with Crippen LogP contribution in [0, 0.1) is 0 Å². The van der Waals surface area contributed by atoms with Crippen molar-refractivity contribution in [3.8, 4) is 0 Å². The minimum atomic E-state index is -0.952. The Morgan fingerprint density at radius 1 is 0.942 bits per heavy atom. The SMILES string of the molecule is Nc1nc(=O)n([C@@H]2O[C@H](CO)CC2O)cc1CCCNC(=O)CCOCCOCCOCCOCCNC(=O)CCCC[C@@H]1SC[C@@H]2NC(=O)N[C@@H]21. The van der Waals surface area contributed by atoms with Gasteiger partial charge in [-0.15, -0.1) is 0 Å². The number of fused-ring (bicyclic) bond motifs is 1. The average molecular weight is 758 g/mol. The van der Waals surface area contributed by atoms with Crippen LogP contribution in [0.4, 0.5) is 10.6 Å². The lowest BCUT2D eigenvalue weighted by Crippen LogP contribution is -2.36. The molecule has 1 unspecified atom stereocenters. The van der Waals surface area contributed by atoms with Gasteiger partial charge in [0.2, 0.25) is 11.8 Å². The summed E-state index contributed by atoms with van der Waals surface area (Å²) < 4.78 is 28.6. The van der Waals surface area contributed by atoms with E-state index in [4.69, 9.17) is 29.4 Å². The van der Waals surface area contributed by atoms with Crippen molar-refractivity contribution in [3.05, 3.63) is 22.2 Å². The van der Waals surface area contributed by atoms with E-state index in [1.165, 1.54) is 10.8 Å². The van der Waals surface area contributed by atoms with Crippen molar-refractivity contribution in [2.45, 2.75) is 87.1 Å². The summed E-state index contributed by atoms with van der Waals surface area (Å²) >= 11 is 1.89. The molecule has 3 fully saturated rings. The van der Waals surface area contributed by atoms with Crippen LogP contribution < -0.4 is 32.7 Å². The Hall–Kier alpha value is -3.04. The van der Waals surface area contributed by atoms with Gasteiger partial charge in [-0.25, -0.2) is 9.59 Å². The summed E-state index contributed by atoms with van der Waals surface area (Å²) in [6, 6.07) is 0.362. The van der Waals surface area contributed by atoms with E-state index in [1.807, 2.05) is 11.8 Å². The highest BCUT2D eigenvalue weighted by atomic mass is 32.2. The molecule has 1 aromatic rings. The number of aliphatic hydroxyl groups excluding tert-OH is 2. The van der Waals surface area contributed by atoms with Crippen LogP contribution in [-0.4, -0.2) is 145 Å². The first-order valence-corrected chi connectivity index (χ1v) is 19.1. The van der Waals surface area contributed by atoms with Gasteiger partial charge in [0.25, 0.3) is 0 Å². The first-order chi connectivity index (χ1) is 25.2. The zero-order valence-electron chi connectivity index (χ0n) is 29.6. The van der Waals surface area contributed by atoms with Gasteiger partial charge in [-0.1, -0.05) is 6.42 Å². The number of ether oxygens (including phenoxy) is 5. The zero-order valence-corrected chi connectivity index (χ0v) is 30.4. The van der Waals surface area contributed by atoms with E-state index >= 15 is 0 Å². The molecule has 19 heteroatoms. The summed E-state index contributed by atoms with van der Waals surface area (Å²) in [7, 11) is 0. The van der Waals surface area contributed by atoms with Crippen LogP contribution in [0.2, 0.25) is 0 Å². The summed E-state index contributed by atoms with van der Waals surface area (Å²) in [5.74, 6) is 0.891. The van der Waals surface area contributed by atoms with Gasteiger partial charge in [0.15, 0.2) is 6.23 Å². The fourth-order valence-corrected chi connectivity index (χ4v) is 7.68. The van der Waals surface area contributed by atoms with E-state index in [0.29, 0.717) is 89.4 Å². The zero-order chi connectivity index (χ0) is 37.1. The third-order valence-electron chi connectivity index (χ3n) is 8.89. The number of carbonyl (C=O) groups is 3. The lowest BCUT2D eigenvalue weighted by atomic mass is 10.0. The quantitative estimate of drug-likeness (QED) is 0.0434. The Kier molecular flexibility index (Phi) is 18.4. The van der Waals surface area contributed by atoms with Gasteiger partial charge in [0.1, 0.15) is 11.9 Å². The molecule has 4 amide bonds. The molecule has 52 heavy (non-hydrogen) atoms. The second kappa shape index (κ2) is 22.9. The molecular formula is C33H55N7O11S. The Morgan fingerprint density at radius 3 is 2.33 bits per heavy atom. The third kappa shape index (κ3) is 14.1. The van der Waals surface area contributed by atoms with Gasteiger partial charge < -0.3 is 60.9 Å². The number of nitrogens with two attached hydrogens (primary N) is 1. The molecule has 0 radical (unpaired) electrons. The van der Waals surface area contributed by atoms with E-state index in [-0.39, 0.29) is 61.8 Å². The number of hydrogen-bond donors (Lipinski definition) is 7. The highest BCUT2D eigenvalue weighted by Gasteiger charge is 2.42. The number of aryl methyl sites for hydroxylation is 1. The number of rotatable bonds is 26. The summed E-state index contributed by atoms with van der Waals surface area (Å²) in [4.78, 5) is 51.8. The predicted molar refractivity (Wildman–Crippen MR) is 191 cm³/mol. The van der Waals surface area contributed by atoms with Crippen molar-refractivity contribution >= 4 is 35.4 Å². The van der Waals surface area contributed by atoms with E-state index in [9.17, 15) is 29.4 Å². The van der Waals surface area contributed by atoms with Crippen LogP contribution in [0.15, 0.2) is 11.0 Å². The normalized spacial score (nSPS) is 23.7. The number of thioether (sulfide) groups is 1. The molecular weight excluding hydrogens is 702 g/mol. The van der Waals surface area contributed by atoms with Crippen LogP contribution >= 0.6 is 11.8 Å². The molecule has 6 atom stereocenters. The van der Waals surface area contributed by atoms with E-state index in [1.54, 1.807) is 0 Å². The molecule has 294 valence electrons. The molecule has 4 heterocycles. The number of aromatic nitrogens is 2. The summed E-state index contributed by atoms with van der Waals surface area (Å²) in [6.45, 7) is 3.62. The Morgan fingerprint density at radius 2 is 1.62 bits per heavy atom. The van der Waals surface area contributed by atoms with Gasteiger partial charge >= 0.3 is 11.7 Å². The Bertz CT molecular complexity index is 1330. The summed E-state index contributed by atoms with van der Waals surface area (Å²) in [6.07, 6.45) is 3.71. The average Bonchev–Trinajstić information content (AvgIpc) is 3.81. The molecule has 0 spiro atoms. The molecule has 3 aliphatic heterocycles. The van der Waals surface area contributed by atoms with Gasteiger partial charge in [-0.3, -0.25) is 14.2 Å². The lowest BCUT2D eigenvalue weighted by molar-refractivity contribution is -0.122.